The summed E-state index contributed by atoms with van der Waals surface area (Å²) in [6, 6.07) is 14.5. The van der Waals surface area contributed by atoms with E-state index in [9.17, 15) is 4.79 Å². The molecule has 1 N–H and O–H groups in total. The van der Waals surface area contributed by atoms with Crippen LogP contribution in [0, 0.1) is 6.92 Å². The molecule has 1 aromatic heterocycles. The molecule has 0 radical (unpaired) electrons. The summed E-state index contributed by atoms with van der Waals surface area (Å²) in [6.07, 6.45) is 2.33. The van der Waals surface area contributed by atoms with E-state index in [0.29, 0.717) is 19.5 Å². The zero-order chi connectivity index (χ0) is 17.5. The van der Waals surface area contributed by atoms with Crippen molar-refractivity contribution in [2.45, 2.75) is 32.5 Å². The molecule has 1 fully saturated rings. The number of aromatic nitrogens is 1. The number of carbonyl (C=O) groups is 1. The number of pyridine rings is 1. The van der Waals surface area contributed by atoms with E-state index in [-0.39, 0.29) is 36.8 Å². The lowest BCUT2D eigenvalue weighted by molar-refractivity contribution is -0.133. The van der Waals surface area contributed by atoms with E-state index in [2.05, 4.69) is 35.4 Å². The van der Waals surface area contributed by atoms with Gasteiger partial charge in [0.2, 0.25) is 5.91 Å². The molecule has 1 amide bonds. The Hall–Kier alpha value is -1.27. The quantitative estimate of drug-likeness (QED) is 0.759. The van der Waals surface area contributed by atoms with Crippen LogP contribution in [0.1, 0.15) is 23.2 Å². The fourth-order valence-electron chi connectivity index (χ4n) is 3.04. The van der Waals surface area contributed by atoms with Gasteiger partial charge in [0.05, 0.1) is 12.2 Å². The Kier molecular flexibility index (Phi) is 10.8. The van der Waals surface area contributed by atoms with Crippen LogP contribution in [0.25, 0.3) is 0 Å². The van der Waals surface area contributed by atoms with Gasteiger partial charge in [-0.1, -0.05) is 35.9 Å². The van der Waals surface area contributed by atoms with E-state index in [0.717, 1.165) is 29.3 Å². The number of hydrogen-bond acceptors (Lipinski definition) is 4. The minimum absolute atomic E-state index is 0. The van der Waals surface area contributed by atoms with E-state index >= 15 is 0 Å². The van der Waals surface area contributed by atoms with Gasteiger partial charge in [-0.25, -0.2) is 0 Å². The summed E-state index contributed by atoms with van der Waals surface area (Å²) in [5.41, 5.74) is 3.30. The number of nitrogens with zero attached hydrogens (tertiary/aromatic N) is 2. The Bertz CT molecular complexity index is 697. The van der Waals surface area contributed by atoms with Crippen molar-refractivity contribution >= 4 is 42.5 Å². The zero-order valence-corrected chi connectivity index (χ0v) is 17.9. The minimum atomic E-state index is 0. The summed E-state index contributed by atoms with van der Waals surface area (Å²) in [4.78, 5) is 19.3. The topological polar surface area (TPSA) is 45.2 Å². The van der Waals surface area contributed by atoms with E-state index in [1.165, 1.54) is 5.56 Å². The van der Waals surface area contributed by atoms with Crippen LogP contribution in [0.3, 0.4) is 0 Å². The molecule has 1 aliphatic rings. The average molecular weight is 428 g/mol. The fraction of sp³-hybridized carbons (Fsp3) is 0.400. The number of rotatable bonds is 6. The first-order chi connectivity index (χ1) is 12.2. The number of aryl methyl sites for hydroxylation is 1. The molecule has 1 aliphatic heterocycles. The first kappa shape index (κ1) is 23.8. The van der Waals surface area contributed by atoms with E-state index in [1.807, 2.05) is 40.9 Å². The molecule has 1 aromatic carbocycles. The number of hydrogen-bond donors (Lipinski definition) is 1. The molecule has 7 heteroatoms. The molecule has 0 aliphatic carbocycles. The van der Waals surface area contributed by atoms with Gasteiger partial charge in [0, 0.05) is 43.3 Å². The van der Waals surface area contributed by atoms with Crippen molar-refractivity contribution in [1.29, 1.82) is 0 Å². The number of nitrogens with one attached hydrogen (secondary N) is 1. The standard InChI is InChI=1S/C20H25N3OS.2ClH/c1-16-5-4-6-17(11-16)13-23(14-18-7-2-3-8-21-18)20(24)12-19-15-25-10-9-22-19;;/h2-8,11,19,22H,9-10,12-15H2,1H3;2*1H. The Morgan fingerprint density at radius 2 is 2.07 bits per heavy atom. The van der Waals surface area contributed by atoms with Gasteiger partial charge < -0.3 is 10.2 Å². The van der Waals surface area contributed by atoms with Crippen LogP contribution in [-0.4, -0.2) is 39.9 Å². The van der Waals surface area contributed by atoms with Crippen molar-refractivity contribution in [1.82, 2.24) is 15.2 Å². The Morgan fingerprint density at radius 1 is 1.22 bits per heavy atom. The van der Waals surface area contributed by atoms with Crippen molar-refractivity contribution in [3.05, 3.63) is 65.5 Å². The normalized spacial score (nSPS) is 16.0. The van der Waals surface area contributed by atoms with Crippen molar-refractivity contribution in [2.24, 2.45) is 0 Å². The summed E-state index contributed by atoms with van der Waals surface area (Å²) in [6.45, 7) is 4.24. The predicted octanol–water partition coefficient (Wildman–Crippen LogP) is 3.86. The van der Waals surface area contributed by atoms with Crippen LogP contribution >= 0.6 is 36.6 Å². The molecule has 0 bridgehead atoms. The Labute approximate surface area is 178 Å². The van der Waals surface area contributed by atoms with Crippen LogP contribution in [0.15, 0.2) is 48.7 Å². The van der Waals surface area contributed by atoms with E-state index < -0.39 is 0 Å². The summed E-state index contributed by atoms with van der Waals surface area (Å²) >= 11 is 1.92. The smallest absolute Gasteiger partial charge is 0.224 e. The van der Waals surface area contributed by atoms with Gasteiger partial charge in [0.25, 0.3) is 0 Å². The van der Waals surface area contributed by atoms with Gasteiger partial charge in [0.1, 0.15) is 0 Å². The highest BCUT2D eigenvalue weighted by Gasteiger charge is 2.21. The summed E-state index contributed by atoms with van der Waals surface area (Å²) in [7, 11) is 0. The number of benzene rings is 1. The van der Waals surface area contributed by atoms with Gasteiger partial charge in [-0.3, -0.25) is 9.78 Å². The highest BCUT2D eigenvalue weighted by atomic mass is 35.5. The maximum Gasteiger partial charge on any atom is 0.224 e. The summed E-state index contributed by atoms with van der Waals surface area (Å²) in [5, 5.41) is 3.46. The van der Waals surface area contributed by atoms with Gasteiger partial charge in [-0.05, 0) is 24.6 Å². The number of amides is 1. The monoisotopic (exact) mass is 427 g/mol. The molecular weight excluding hydrogens is 401 g/mol. The van der Waals surface area contributed by atoms with Crippen molar-refractivity contribution in [2.75, 3.05) is 18.1 Å². The van der Waals surface area contributed by atoms with E-state index in [1.54, 1.807) is 6.20 Å². The second-order valence-electron chi connectivity index (χ2n) is 6.49. The second kappa shape index (κ2) is 12.2. The molecule has 148 valence electrons. The SMILES string of the molecule is Cc1cccc(CN(Cc2ccccn2)C(=O)CC2CSCCN2)c1.Cl.Cl. The number of carbonyl (C=O) groups excluding carboxylic acids is 1. The average Bonchev–Trinajstić information content (AvgIpc) is 2.63. The Morgan fingerprint density at radius 3 is 2.74 bits per heavy atom. The number of thioether (sulfide) groups is 1. The first-order valence-electron chi connectivity index (χ1n) is 8.75. The third-order valence-corrected chi connectivity index (χ3v) is 5.44. The molecule has 1 atom stereocenters. The molecule has 1 saturated heterocycles. The van der Waals surface area contributed by atoms with Gasteiger partial charge in [-0.2, -0.15) is 11.8 Å². The minimum Gasteiger partial charge on any atom is -0.332 e. The summed E-state index contributed by atoms with van der Waals surface area (Å²) < 4.78 is 0. The van der Waals surface area contributed by atoms with Gasteiger partial charge in [-0.15, -0.1) is 24.8 Å². The van der Waals surface area contributed by atoms with Crippen molar-refractivity contribution < 1.29 is 4.79 Å². The molecule has 1 unspecified atom stereocenters. The number of halogens is 2. The molecular formula is C20H27Cl2N3OS. The maximum absolute atomic E-state index is 13.0. The van der Waals surface area contributed by atoms with Crippen LogP contribution in [0.2, 0.25) is 0 Å². The van der Waals surface area contributed by atoms with Crippen LogP contribution < -0.4 is 5.32 Å². The maximum atomic E-state index is 13.0. The van der Waals surface area contributed by atoms with Gasteiger partial charge >= 0.3 is 0 Å². The van der Waals surface area contributed by atoms with Crippen LogP contribution in [0.5, 0.6) is 0 Å². The predicted molar refractivity (Wildman–Crippen MR) is 118 cm³/mol. The largest absolute Gasteiger partial charge is 0.332 e. The highest BCUT2D eigenvalue weighted by molar-refractivity contribution is 7.99. The fourth-order valence-corrected chi connectivity index (χ4v) is 3.99. The molecule has 4 nitrogen and oxygen atoms in total. The van der Waals surface area contributed by atoms with Crippen molar-refractivity contribution in [3.8, 4) is 0 Å². The molecule has 0 spiro atoms. The Balaban J connectivity index is 0.00000182. The third-order valence-electron chi connectivity index (χ3n) is 4.31. The van der Waals surface area contributed by atoms with Crippen LogP contribution in [-0.2, 0) is 17.9 Å². The van der Waals surface area contributed by atoms with Gasteiger partial charge in [0.15, 0.2) is 0 Å². The lowest BCUT2D eigenvalue weighted by Gasteiger charge is -2.27. The second-order valence-corrected chi connectivity index (χ2v) is 7.64. The first-order valence-corrected chi connectivity index (χ1v) is 9.90. The zero-order valence-electron chi connectivity index (χ0n) is 15.5. The van der Waals surface area contributed by atoms with E-state index in [4.69, 9.17) is 0 Å². The van der Waals surface area contributed by atoms with Crippen molar-refractivity contribution in [3.63, 3.8) is 0 Å². The molecule has 2 heterocycles. The molecule has 0 saturated carbocycles. The lowest BCUT2D eigenvalue weighted by Crippen LogP contribution is -2.42. The lowest BCUT2D eigenvalue weighted by atomic mass is 10.1. The summed E-state index contributed by atoms with van der Waals surface area (Å²) in [5.74, 6) is 2.33. The third kappa shape index (κ3) is 7.70. The highest BCUT2D eigenvalue weighted by Crippen LogP contribution is 2.15. The molecule has 27 heavy (non-hydrogen) atoms. The molecule has 2 aromatic rings. The van der Waals surface area contributed by atoms with Crippen LogP contribution in [0.4, 0.5) is 0 Å². The molecule has 3 rings (SSSR count).